The van der Waals surface area contributed by atoms with Crippen LogP contribution in [0.3, 0.4) is 0 Å². The molecule has 3 rings (SSSR count). The van der Waals surface area contributed by atoms with E-state index in [-0.39, 0.29) is 0 Å². The highest BCUT2D eigenvalue weighted by Crippen LogP contribution is 2.19. The molecule has 1 aliphatic rings. The molecule has 1 saturated heterocycles. The van der Waals surface area contributed by atoms with Crippen molar-refractivity contribution in [3.8, 4) is 0 Å². The summed E-state index contributed by atoms with van der Waals surface area (Å²) in [6, 6.07) is 2.57. The Labute approximate surface area is 113 Å². The number of fused-ring (bicyclic) bond motifs is 1. The number of hydrogen-bond acceptors (Lipinski definition) is 4. The Morgan fingerprint density at radius 2 is 2.37 bits per heavy atom. The van der Waals surface area contributed by atoms with Crippen molar-refractivity contribution in [1.82, 2.24) is 19.5 Å². The van der Waals surface area contributed by atoms with Crippen LogP contribution in [0.15, 0.2) is 18.5 Å². The number of aryl methyl sites for hydroxylation is 1. The maximum atomic E-state index is 4.47. The van der Waals surface area contributed by atoms with Gasteiger partial charge in [-0.05, 0) is 38.9 Å². The van der Waals surface area contributed by atoms with Crippen LogP contribution in [0, 0.1) is 6.92 Å². The predicted octanol–water partition coefficient (Wildman–Crippen LogP) is 1.93. The van der Waals surface area contributed by atoms with Crippen molar-refractivity contribution in [1.29, 1.82) is 0 Å². The second kappa shape index (κ2) is 5.17. The molecule has 5 nitrogen and oxygen atoms in total. The quantitative estimate of drug-likeness (QED) is 0.915. The van der Waals surface area contributed by atoms with E-state index in [1.54, 1.807) is 0 Å². The van der Waals surface area contributed by atoms with Gasteiger partial charge in [-0.3, -0.25) is 0 Å². The fraction of sp³-hybridized carbons (Fsp3) is 0.571. The van der Waals surface area contributed by atoms with Crippen LogP contribution in [0.2, 0.25) is 0 Å². The van der Waals surface area contributed by atoms with Gasteiger partial charge in [-0.25, -0.2) is 9.50 Å². The monoisotopic (exact) mass is 259 g/mol. The Kier molecular flexibility index (Phi) is 3.38. The highest BCUT2D eigenvalue weighted by molar-refractivity contribution is 5.68. The first-order valence-electron chi connectivity index (χ1n) is 7.06. The maximum Gasteiger partial charge on any atom is 0.152 e. The summed E-state index contributed by atoms with van der Waals surface area (Å²) in [6.45, 7) is 7.68. The summed E-state index contributed by atoms with van der Waals surface area (Å²) in [4.78, 5) is 6.96. The molecule has 5 heteroatoms. The molecule has 1 unspecified atom stereocenters. The summed E-state index contributed by atoms with van der Waals surface area (Å²) < 4.78 is 1.89. The third-order valence-corrected chi connectivity index (χ3v) is 3.81. The Morgan fingerprint density at radius 1 is 1.47 bits per heavy atom. The second-order valence-corrected chi connectivity index (χ2v) is 5.27. The first-order valence-corrected chi connectivity index (χ1v) is 7.06. The van der Waals surface area contributed by atoms with E-state index in [4.69, 9.17) is 0 Å². The highest BCUT2D eigenvalue weighted by Gasteiger charge is 2.19. The third-order valence-electron chi connectivity index (χ3n) is 3.81. The minimum atomic E-state index is 0.489. The van der Waals surface area contributed by atoms with E-state index in [2.05, 4.69) is 33.3 Å². The molecule has 19 heavy (non-hydrogen) atoms. The summed E-state index contributed by atoms with van der Waals surface area (Å²) in [6.07, 6.45) is 6.17. The van der Waals surface area contributed by atoms with Crippen LogP contribution in [0.5, 0.6) is 0 Å². The standard InChI is InChI=1S/C14H21N5/c1-3-18-7-4-5-12(10-18)16-14-13-9-11(2)17-19(13)8-6-15-14/h6,8-9,12H,3-5,7,10H2,1-2H3,(H,15,16). The summed E-state index contributed by atoms with van der Waals surface area (Å²) in [5.41, 5.74) is 2.09. The topological polar surface area (TPSA) is 45.5 Å². The van der Waals surface area contributed by atoms with Gasteiger partial charge < -0.3 is 10.2 Å². The fourth-order valence-electron chi connectivity index (χ4n) is 2.81. The summed E-state index contributed by atoms with van der Waals surface area (Å²) >= 11 is 0. The molecule has 0 saturated carbocycles. The molecule has 0 spiro atoms. The van der Waals surface area contributed by atoms with Crippen molar-refractivity contribution in [3.05, 3.63) is 24.2 Å². The molecule has 1 fully saturated rings. The van der Waals surface area contributed by atoms with Crippen LogP contribution in [0.25, 0.3) is 5.52 Å². The Balaban J connectivity index is 1.81. The van der Waals surface area contributed by atoms with Crippen LogP contribution in [-0.4, -0.2) is 45.2 Å². The normalized spacial score (nSPS) is 20.8. The van der Waals surface area contributed by atoms with Crippen LogP contribution >= 0.6 is 0 Å². The van der Waals surface area contributed by atoms with Crippen LogP contribution in [0.1, 0.15) is 25.5 Å². The third kappa shape index (κ3) is 2.56. The van der Waals surface area contributed by atoms with E-state index < -0.39 is 0 Å². The molecule has 0 radical (unpaired) electrons. The van der Waals surface area contributed by atoms with E-state index in [9.17, 15) is 0 Å². The van der Waals surface area contributed by atoms with Crippen molar-refractivity contribution in [2.45, 2.75) is 32.7 Å². The van der Waals surface area contributed by atoms with Gasteiger partial charge in [0.25, 0.3) is 0 Å². The Morgan fingerprint density at radius 3 is 3.21 bits per heavy atom. The van der Waals surface area contributed by atoms with Gasteiger partial charge in [0.1, 0.15) is 5.52 Å². The Hall–Kier alpha value is -1.62. The molecule has 1 atom stereocenters. The van der Waals surface area contributed by atoms with Gasteiger partial charge >= 0.3 is 0 Å². The van der Waals surface area contributed by atoms with Crippen molar-refractivity contribution in [2.75, 3.05) is 25.0 Å². The molecule has 2 aromatic rings. The first-order chi connectivity index (χ1) is 9.26. The summed E-state index contributed by atoms with van der Waals surface area (Å²) in [5, 5.41) is 8.01. The summed E-state index contributed by atoms with van der Waals surface area (Å²) in [7, 11) is 0. The second-order valence-electron chi connectivity index (χ2n) is 5.27. The average Bonchev–Trinajstić information content (AvgIpc) is 2.80. The number of aromatic nitrogens is 3. The number of anilines is 1. The number of piperidine rings is 1. The van der Waals surface area contributed by atoms with E-state index in [1.165, 1.54) is 19.4 Å². The molecular formula is C14H21N5. The predicted molar refractivity (Wildman–Crippen MR) is 76.5 cm³/mol. The zero-order valence-corrected chi connectivity index (χ0v) is 11.6. The molecule has 0 bridgehead atoms. The van der Waals surface area contributed by atoms with Crippen LogP contribution < -0.4 is 5.32 Å². The molecule has 3 heterocycles. The van der Waals surface area contributed by atoms with Crippen molar-refractivity contribution in [2.24, 2.45) is 0 Å². The SMILES string of the molecule is CCN1CCCC(Nc2nccn3nc(C)cc23)C1. The Bertz CT molecular complexity index is 562. The molecular weight excluding hydrogens is 238 g/mol. The molecule has 0 amide bonds. The van der Waals surface area contributed by atoms with Crippen molar-refractivity contribution >= 4 is 11.3 Å². The number of hydrogen-bond donors (Lipinski definition) is 1. The lowest BCUT2D eigenvalue weighted by Gasteiger charge is -2.32. The lowest BCUT2D eigenvalue weighted by atomic mass is 10.1. The zero-order chi connectivity index (χ0) is 13.2. The lowest BCUT2D eigenvalue weighted by Crippen LogP contribution is -2.42. The van der Waals surface area contributed by atoms with Gasteiger partial charge in [0, 0.05) is 25.0 Å². The maximum absolute atomic E-state index is 4.47. The summed E-state index contributed by atoms with van der Waals surface area (Å²) in [5.74, 6) is 0.950. The lowest BCUT2D eigenvalue weighted by molar-refractivity contribution is 0.226. The van der Waals surface area contributed by atoms with Crippen molar-refractivity contribution in [3.63, 3.8) is 0 Å². The molecule has 0 aliphatic carbocycles. The van der Waals surface area contributed by atoms with E-state index >= 15 is 0 Å². The van der Waals surface area contributed by atoms with Gasteiger partial charge in [-0.15, -0.1) is 0 Å². The highest BCUT2D eigenvalue weighted by atomic mass is 15.2. The molecule has 1 N–H and O–H groups in total. The number of nitrogens with one attached hydrogen (secondary N) is 1. The van der Waals surface area contributed by atoms with Gasteiger partial charge in [0.2, 0.25) is 0 Å². The van der Waals surface area contributed by atoms with Crippen LogP contribution in [0.4, 0.5) is 5.82 Å². The van der Waals surface area contributed by atoms with Crippen LogP contribution in [-0.2, 0) is 0 Å². The number of rotatable bonds is 3. The van der Waals surface area contributed by atoms with E-state index in [0.717, 1.165) is 30.1 Å². The first kappa shape index (κ1) is 12.4. The number of likely N-dealkylation sites (N-methyl/N-ethyl adjacent to an activating group) is 1. The van der Waals surface area contributed by atoms with Gasteiger partial charge in [-0.1, -0.05) is 6.92 Å². The molecule has 0 aromatic carbocycles. The van der Waals surface area contributed by atoms with Gasteiger partial charge in [0.05, 0.1) is 5.69 Å². The van der Waals surface area contributed by atoms with Crippen molar-refractivity contribution < 1.29 is 0 Å². The number of likely N-dealkylation sites (tertiary alicyclic amines) is 1. The minimum Gasteiger partial charge on any atom is -0.364 e. The molecule has 2 aromatic heterocycles. The fourth-order valence-corrected chi connectivity index (χ4v) is 2.81. The van der Waals surface area contributed by atoms with E-state index in [1.807, 2.05) is 23.8 Å². The average molecular weight is 259 g/mol. The largest absolute Gasteiger partial charge is 0.364 e. The molecule has 102 valence electrons. The number of nitrogens with zero attached hydrogens (tertiary/aromatic N) is 4. The zero-order valence-electron chi connectivity index (χ0n) is 11.6. The minimum absolute atomic E-state index is 0.489. The van der Waals surface area contributed by atoms with E-state index in [0.29, 0.717) is 6.04 Å². The smallest absolute Gasteiger partial charge is 0.152 e. The van der Waals surface area contributed by atoms with Gasteiger partial charge in [-0.2, -0.15) is 5.10 Å². The molecule has 1 aliphatic heterocycles. The van der Waals surface area contributed by atoms with Gasteiger partial charge in [0.15, 0.2) is 5.82 Å².